The number of ether oxygens (including phenoxy) is 1. The van der Waals surface area contributed by atoms with Crippen molar-refractivity contribution in [3.8, 4) is 0 Å². The van der Waals surface area contributed by atoms with Gasteiger partial charge in [0.15, 0.2) is 0 Å². The van der Waals surface area contributed by atoms with Gasteiger partial charge in [-0.3, -0.25) is 9.59 Å². The fourth-order valence-electron chi connectivity index (χ4n) is 3.40. The summed E-state index contributed by atoms with van der Waals surface area (Å²) in [5, 5.41) is 2.93. The van der Waals surface area contributed by atoms with Gasteiger partial charge in [-0.1, -0.05) is 57.4 Å². The average molecular weight is 696 g/mol. The molecule has 45 heavy (non-hydrogen) atoms. The summed E-state index contributed by atoms with van der Waals surface area (Å²) in [6.45, 7) is 15.0. The maximum absolute atomic E-state index is 11.9. The normalized spacial score (nSPS) is 12.1. The first-order valence-electron chi connectivity index (χ1n) is 14.3. The second-order valence-corrected chi connectivity index (χ2v) is 16.3. The fraction of sp³-hybridized carbons (Fsp3) is 0.935. The third-order valence-corrected chi connectivity index (χ3v) is 8.98. The third kappa shape index (κ3) is 31.1. The lowest BCUT2D eigenvalue weighted by molar-refractivity contribution is -0.890. The number of carbonyl (C=O) groups excluding carboxylic acids is 2. The van der Waals surface area contributed by atoms with E-state index in [0.717, 1.165) is 19.4 Å². The monoisotopic (exact) mass is 695 g/mol. The number of quaternary nitrogens is 2. The summed E-state index contributed by atoms with van der Waals surface area (Å²) in [5.74, 6) is -0.817. The van der Waals surface area contributed by atoms with Crippen LogP contribution in [0.1, 0.15) is 103 Å². The van der Waals surface area contributed by atoms with Gasteiger partial charge in [0.1, 0.15) is 13.2 Å². The zero-order valence-electron chi connectivity index (χ0n) is 27.1. The Morgan fingerprint density at radius 3 is 1.38 bits per heavy atom. The number of nitrogens with zero attached hydrogens (tertiary/aromatic N) is 2. The molecule has 0 aliphatic rings. The SMILES string of the molecule is C.C.C.C.CCC(C)(C)C(=O)NCCC[N+](C)(C)CCCS(=O)(=O)[O-].CCC(C)(C)C(=O)OCC[N+](C)(C)CCCS(=O)(=O)[O-]. The molecule has 0 atom stereocenters. The number of hydrogen-bond donors (Lipinski definition) is 1. The van der Waals surface area contributed by atoms with Crippen molar-refractivity contribution in [2.24, 2.45) is 10.8 Å². The van der Waals surface area contributed by atoms with E-state index in [2.05, 4.69) is 5.32 Å². The van der Waals surface area contributed by atoms with Gasteiger partial charge in [-0.25, -0.2) is 16.8 Å². The largest absolute Gasteiger partial charge is 0.748 e. The second kappa shape index (κ2) is 23.9. The molecule has 14 heteroatoms. The molecule has 1 amide bonds. The standard InChI is InChI=1S/C14H30N2O4S.C13H27NO5S.4CH4/c1-6-14(2,3)13(17)15-9-7-10-16(4,5)11-8-12-21(18,19)20;1-6-13(2,3)12(15)19-10-9-14(4,5)8-7-11-20(16,17)18;;;;/h6-12H2,1-5H3,(H-,15,17,18,19,20);6-11H2,1-5H3;4*1H4. The summed E-state index contributed by atoms with van der Waals surface area (Å²) in [6.07, 6.45) is 3.01. The van der Waals surface area contributed by atoms with Gasteiger partial charge in [0.2, 0.25) is 5.91 Å². The number of nitrogens with one attached hydrogen (secondary N) is 1. The molecule has 278 valence electrons. The van der Waals surface area contributed by atoms with E-state index >= 15 is 0 Å². The minimum absolute atomic E-state index is 0. The lowest BCUT2D eigenvalue weighted by Gasteiger charge is -2.30. The van der Waals surface area contributed by atoms with Crippen molar-refractivity contribution in [2.75, 3.05) is 79.0 Å². The van der Waals surface area contributed by atoms with Crippen molar-refractivity contribution in [3.05, 3.63) is 0 Å². The van der Waals surface area contributed by atoms with Crippen LogP contribution < -0.4 is 5.32 Å². The quantitative estimate of drug-likeness (QED) is 0.0887. The first kappa shape index (κ1) is 56.0. The van der Waals surface area contributed by atoms with Crippen LogP contribution in [-0.2, 0) is 34.6 Å². The second-order valence-electron chi connectivity index (χ2n) is 13.2. The van der Waals surface area contributed by atoms with Crippen LogP contribution in [0.3, 0.4) is 0 Å². The molecule has 0 aromatic carbocycles. The van der Waals surface area contributed by atoms with Crippen LogP contribution >= 0.6 is 0 Å². The first-order chi connectivity index (χ1) is 18.3. The molecule has 0 spiro atoms. The molecule has 0 heterocycles. The highest BCUT2D eigenvalue weighted by Crippen LogP contribution is 2.21. The molecular formula is C31H73N3O9S2. The molecule has 0 rings (SSSR count). The Bertz CT molecular complexity index is 1010. The molecule has 0 aliphatic heterocycles. The lowest BCUT2D eigenvalue weighted by atomic mass is 9.89. The summed E-state index contributed by atoms with van der Waals surface area (Å²) in [4.78, 5) is 23.7. The fourth-order valence-corrected chi connectivity index (χ4v) is 4.36. The Morgan fingerprint density at radius 1 is 0.667 bits per heavy atom. The van der Waals surface area contributed by atoms with E-state index in [9.17, 15) is 35.5 Å². The van der Waals surface area contributed by atoms with E-state index in [0.29, 0.717) is 61.0 Å². The number of likely N-dealkylation sites (N-methyl/N-ethyl adjacent to an activating group) is 1. The highest BCUT2D eigenvalue weighted by atomic mass is 32.2. The van der Waals surface area contributed by atoms with Crippen LogP contribution in [0.15, 0.2) is 0 Å². The Kier molecular flexibility index (Phi) is 29.8. The summed E-state index contributed by atoms with van der Waals surface area (Å²) in [5.41, 5.74) is -0.819. The zero-order valence-corrected chi connectivity index (χ0v) is 28.7. The zero-order chi connectivity index (χ0) is 32.8. The molecule has 0 saturated carbocycles. The van der Waals surface area contributed by atoms with Crippen LogP contribution in [0.2, 0.25) is 0 Å². The molecule has 0 radical (unpaired) electrons. The third-order valence-electron chi connectivity index (χ3n) is 7.41. The molecular weight excluding hydrogens is 622 g/mol. The predicted octanol–water partition coefficient (Wildman–Crippen LogP) is 4.46. The molecule has 0 aliphatic carbocycles. The smallest absolute Gasteiger partial charge is 0.311 e. The van der Waals surface area contributed by atoms with Crippen LogP contribution in [0.25, 0.3) is 0 Å². The number of carbonyl (C=O) groups is 2. The van der Waals surface area contributed by atoms with Gasteiger partial charge in [-0.2, -0.15) is 0 Å². The van der Waals surface area contributed by atoms with E-state index in [1.54, 1.807) is 0 Å². The topological polar surface area (TPSA) is 170 Å². The van der Waals surface area contributed by atoms with Crippen molar-refractivity contribution >= 4 is 32.1 Å². The number of hydrogen-bond acceptors (Lipinski definition) is 9. The average Bonchev–Trinajstić information content (AvgIpc) is 2.79. The molecule has 1 N–H and O–H groups in total. The number of rotatable bonds is 19. The molecule has 0 bridgehead atoms. The highest BCUT2D eigenvalue weighted by Gasteiger charge is 2.28. The molecule has 0 aromatic rings. The van der Waals surface area contributed by atoms with Crippen LogP contribution in [0, 0.1) is 10.8 Å². The van der Waals surface area contributed by atoms with Crippen molar-refractivity contribution in [1.29, 1.82) is 0 Å². The van der Waals surface area contributed by atoms with E-state index in [-0.39, 0.29) is 58.5 Å². The van der Waals surface area contributed by atoms with E-state index in [1.165, 1.54) is 0 Å². The minimum Gasteiger partial charge on any atom is -0.748 e. The van der Waals surface area contributed by atoms with Crippen molar-refractivity contribution < 1.29 is 49.2 Å². The van der Waals surface area contributed by atoms with Crippen LogP contribution in [-0.4, -0.2) is 126 Å². The van der Waals surface area contributed by atoms with Crippen molar-refractivity contribution in [1.82, 2.24) is 5.32 Å². The van der Waals surface area contributed by atoms with Gasteiger partial charge in [0.05, 0.1) is 73.5 Å². The highest BCUT2D eigenvalue weighted by molar-refractivity contribution is 7.85. The lowest BCUT2D eigenvalue weighted by Crippen LogP contribution is -2.44. The van der Waals surface area contributed by atoms with E-state index in [1.807, 2.05) is 69.7 Å². The van der Waals surface area contributed by atoms with Crippen molar-refractivity contribution in [2.45, 2.75) is 103 Å². The van der Waals surface area contributed by atoms with Gasteiger partial charge in [-0.15, -0.1) is 0 Å². The van der Waals surface area contributed by atoms with Crippen LogP contribution in [0.5, 0.6) is 0 Å². The van der Waals surface area contributed by atoms with Gasteiger partial charge in [0, 0.05) is 42.7 Å². The molecule has 0 aromatic heterocycles. The minimum atomic E-state index is -4.15. The summed E-state index contributed by atoms with van der Waals surface area (Å²) in [7, 11) is -0.452. The maximum atomic E-state index is 11.9. The first-order valence-corrected chi connectivity index (χ1v) is 17.4. The Morgan fingerprint density at radius 2 is 1.02 bits per heavy atom. The predicted molar refractivity (Wildman–Crippen MR) is 186 cm³/mol. The molecule has 0 saturated heterocycles. The Hall–Kier alpha value is -1.32. The van der Waals surface area contributed by atoms with E-state index < -0.39 is 25.7 Å². The van der Waals surface area contributed by atoms with Gasteiger partial charge < -0.3 is 28.1 Å². The van der Waals surface area contributed by atoms with E-state index in [4.69, 9.17) is 4.74 Å². The Labute approximate surface area is 279 Å². The summed E-state index contributed by atoms with van der Waals surface area (Å²) >= 11 is 0. The van der Waals surface area contributed by atoms with Gasteiger partial charge >= 0.3 is 5.97 Å². The number of esters is 1. The summed E-state index contributed by atoms with van der Waals surface area (Å²) < 4.78 is 69.7. The Balaban J connectivity index is -0.000000155. The molecule has 12 nitrogen and oxygen atoms in total. The van der Waals surface area contributed by atoms with Gasteiger partial charge in [-0.05, 0) is 26.7 Å². The van der Waals surface area contributed by atoms with Crippen molar-refractivity contribution in [3.63, 3.8) is 0 Å². The maximum Gasteiger partial charge on any atom is 0.311 e. The summed E-state index contributed by atoms with van der Waals surface area (Å²) in [6, 6.07) is 0. The molecule has 0 fully saturated rings. The van der Waals surface area contributed by atoms with Crippen LogP contribution in [0.4, 0.5) is 0 Å². The number of amides is 1. The van der Waals surface area contributed by atoms with Gasteiger partial charge in [0.25, 0.3) is 0 Å². The molecule has 0 unspecified atom stereocenters.